The van der Waals surface area contributed by atoms with Gasteiger partial charge in [0.05, 0.1) is 18.7 Å². The van der Waals surface area contributed by atoms with Crippen LogP contribution < -0.4 is 0 Å². The molecule has 2 aliphatic heterocycles. The maximum atomic E-state index is 13.4. The second kappa shape index (κ2) is 5.32. The molecule has 6 heteroatoms. The molecule has 1 aromatic carbocycles. The van der Waals surface area contributed by atoms with Gasteiger partial charge in [0.15, 0.2) is 5.79 Å². The van der Waals surface area contributed by atoms with E-state index in [1.165, 1.54) is 12.1 Å². The van der Waals surface area contributed by atoms with E-state index in [0.717, 1.165) is 10.9 Å². The minimum Gasteiger partial charge on any atom is -0.347 e. The highest BCUT2D eigenvalue weighted by molar-refractivity contribution is 5.98. The third-order valence-electron chi connectivity index (χ3n) is 4.85. The molecule has 0 unspecified atom stereocenters. The molecule has 2 fully saturated rings. The first-order chi connectivity index (χ1) is 11.1. The highest BCUT2D eigenvalue weighted by atomic mass is 19.1. The van der Waals surface area contributed by atoms with Crippen LogP contribution in [0.2, 0.25) is 0 Å². The number of carbonyl (C=O) groups excluding carboxylic acids is 1. The predicted molar refractivity (Wildman–Crippen MR) is 82.6 cm³/mol. The minimum atomic E-state index is -0.487. The van der Waals surface area contributed by atoms with Crippen LogP contribution in [0.5, 0.6) is 0 Å². The Labute approximate surface area is 133 Å². The minimum absolute atomic E-state index is 0.0306. The molecule has 0 N–H and O–H groups in total. The quantitative estimate of drug-likeness (QED) is 0.810. The lowest BCUT2D eigenvalue weighted by Crippen LogP contribution is -2.47. The van der Waals surface area contributed by atoms with Crippen molar-refractivity contribution in [2.45, 2.75) is 18.6 Å². The summed E-state index contributed by atoms with van der Waals surface area (Å²) in [6.07, 6.45) is 1.38. The summed E-state index contributed by atoms with van der Waals surface area (Å²) < 4.78 is 26.6. The lowest BCUT2D eigenvalue weighted by Gasteiger charge is -2.37. The largest absolute Gasteiger partial charge is 0.347 e. The van der Waals surface area contributed by atoms with Gasteiger partial charge in [0.1, 0.15) is 11.5 Å². The smallest absolute Gasteiger partial charge is 0.270 e. The van der Waals surface area contributed by atoms with Gasteiger partial charge in [0.2, 0.25) is 0 Å². The number of rotatable bonds is 1. The number of fused-ring (bicyclic) bond motifs is 1. The van der Waals surface area contributed by atoms with E-state index in [1.807, 2.05) is 11.0 Å². The summed E-state index contributed by atoms with van der Waals surface area (Å²) in [5.74, 6) is -0.816. The Morgan fingerprint density at radius 2 is 1.87 bits per heavy atom. The fourth-order valence-corrected chi connectivity index (χ4v) is 3.51. The first kappa shape index (κ1) is 14.7. The van der Waals surface area contributed by atoms with E-state index in [1.54, 1.807) is 17.7 Å². The van der Waals surface area contributed by atoms with Crippen LogP contribution in [0.3, 0.4) is 0 Å². The van der Waals surface area contributed by atoms with Crippen LogP contribution in [0.15, 0.2) is 24.3 Å². The van der Waals surface area contributed by atoms with Gasteiger partial charge < -0.3 is 18.9 Å². The number of halogens is 1. The Kier molecular flexibility index (Phi) is 3.39. The predicted octanol–water partition coefficient (Wildman–Crippen LogP) is 2.30. The number of aromatic nitrogens is 1. The molecular weight excluding hydrogens is 299 g/mol. The molecule has 1 amide bonds. The fourth-order valence-electron chi connectivity index (χ4n) is 3.51. The van der Waals surface area contributed by atoms with E-state index >= 15 is 0 Å². The van der Waals surface area contributed by atoms with Crippen molar-refractivity contribution >= 4 is 16.8 Å². The van der Waals surface area contributed by atoms with E-state index in [2.05, 4.69) is 0 Å². The number of carbonyl (C=O) groups is 1. The maximum Gasteiger partial charge on any atom is 0.270 e. The Bertz CT molecular complexity index is 755. The summed E-state index contributed by atoms with van der Waals surface area (Å²) in [6.45, 7) is 2.47. The Hall–Kier alpha value is -1.92. The summed E-state index contributed by atoms with van der Waals surface area (Å²) in [5, 5.41) is 0.869. The van der Waals surface area contributed by atoms with Crippen molar-refractivity contribution in [3.8, 4) is 0 Å². The van der Waals surface area contributed by atoms with Gasteiger partial charge in [-0.05, 0) is 24.3 Å². The van der Waals surface area contributed by atoms with Gasteiger partial charge in [0.25, 0.3) is 5.91 Å². The molecule has 2 saturated heterocycles. The van der Waals surface area contributed by atoms with Gasteiger partial charge in [0, 0.05) is 38.4 Å². The molecule has 3 heterocycles. The van der Waals surface area contributed by atoms with Gasteiger partial charge >= 0.3 is 0 Å². The van der Waals surface area contributed by atoms with Crippen LogP contribution >= 0.6 is 0 Å². The average Bonchev–Trinajstić information content (AvgIpc) is 3.13. The molecule has 2 aliphatic rings. The molecule has 5 nitrogen and oxygen atoms in total. The molecule has 0 saturated carbocycles. The number of piperidine rings is 1. The lowest BCUT2D eigenvalue weighted by molar-refractivity contribution is -0.181. The van der Waals surface area contributed by atoms with Crippen LogP contribution in [0.25, 0.3) is 10.9 Å². The zero-order chi connectivity index (χ0) is 16.0. The van der Waals surface area contributed by atoms with Crippen LogP contribution in [0.4, 0.5) is 4.39 Å². The normalized spacial score (nSPS) is 20.5. The number of hydrogen-bond acceptors (Lipinski definition) is 3. The molecule has 1 spiro atoms. The second-order valence-corrected chi connectivity index (χ2v) is 6.19. The number of hydrogen-bond donors (Lipinski definition) is 0. The third-order valence-corrected chi connectivity index (χ3v) is 4.85. The van der Waals surface area contributed by atoms with E-state index in [-0.39, 0.29) is 11.7 Å². The Morgan fingerprint density at radius 1 is 1.17 bits per heavy atom. The lowest BCUT2D eigenvalue weighted by atomic mass is 10.0. The van der Waals surface area contributed by atoms with Crippen molar-refractivity contribution in [2.75, 3.05) is 26.3 Å². The van der Waals surface area contributed by atoms with Crippen molar-refractivity contribution in [2.24, 2.45) is 7.05 Å². The zero-order valence-electron chi connectivity index (χ0n) is 13.0. The molecule has 122 valence electrons. The van der Waals surface area contributed by atoms with Gasteiger partial charge in [-0.1, -0.05) is 0 Å². The number of nitrogens with zero attached hydrogens (tertiary/aromatic N) is 2. The van der Waals surface area contributed by atoms with Crippen LogP contribution in [-0.2, 0) is 16.5 Å². The molecular formula is C17H19FN2O3. The average molecular weight is 318 g/mol. The first-order valence-electron chi connectivity index (χ1n) is 7.90. The maximum absolute atomic E-state index is 13.4. The van der Waals surface area contributed by atoms with E-state index in [9.17, 15) is 9.18 Å². The van der Waals surface area contributed by atoms with Crippen LogP contribution in [0.1, 0.15) is 23.3 Å². The van der Waals surface area contributed by atoms with Crippen LogP contribution in [0, 0.1) is 5.82 Å². The van der Waals surface area contributed by atoms with E-state index in [4.69, 9.17) is 9.47 Å². The van der Waals surface area contributed by atoms with E-state index in [0.29, 0.717) is 44.8 Å². The van der Waals surface area contributed by atoms with Crippen LogP contribution in [-0.4, -0.2) is 47.5 Å². The van der Waals surface area contributed by atoms with Gasteiger partial charge in [-0.3, -0.25) is 4.79 Å². The number of aryl methyl sites for hydroxylation is 1. The van der Waals surface area contributed by atoms with Gasteiger partial charge in [-0.2, -0.15) is 0 Å². The Balaban J connectivity index is 1.56. The highest BCUT2D eigenvalue weighted by Crippen LogP contribution is 2.32. The zero-order valence-corrected chi connectivity index (χ0v) is 13.0. The topological polar surface area (TPSA) is 43.7 Å². The molecule has 4 rings (SSSR count). The second-order valence-electron chi connectivity index (χ2n) is 6.19. The summed E-state index contributed by atoms with van der Waals surface area (Å²) in [6, 6.07) is 6.39. The standard InChI is InChI=1S/C17H19FN2O3/c1-19-14-11-13(18)3-2-12(14)10-15(19)16(21)20-6-4-17(5-7-20)22-8-9-23-17/h2-3,10-11H,4-9H2,1H3. The van der Waals surface area contributed by atoms with Crippen molar-refractivity contribution < 1.29 is 18.7 Å². The summed E-state index contributed by atoms with van der Waals surface area (Å²) >= 11 is 0. The summed E-state index contributed by atoms with van der Waals surface area (Å²) in [7, 11) is 1.80. The SMILES string of the molecule is Cn1c(C(=O)N2CCC3(CC2)OCCO3)cc2ccc(F)cc21. The monoisotopic (exact) mass is 318 g/mol. The van der Waals surface area contributed by atoms with Crippen molar-refractivity contribution in [3.63, 3.8) is 0 Å². The first-order valence-corrected chi connectivity index (χ1v) is 7.90. The van der Waals surface area contributed by atoms with Crippen molar-refractivity contribution in [3.05, 3.63) is 35.8 Å². The number of likely N-dealkylation sites (tertiary alicyclic amines) is 1. The van der Waals surface area contributed by atoms with E-state index < -0.39 is 5.79 Å². The molecule has 0 radical (unpaired) electrons. The molecule has 1 aromatic heterocycles. The fraction of sp³-hybridized carbons (Fsp3) is 0.471. The third kappa shape index (κ3) is 2.42. The number of amides is 1. The highest BCUT2D eigenvalue weighted by Gasteiger charge is 2.41. The molecule has 23 heavy (non-hydrogen) atoms. The van der Waals surface area contributed by atoms with Crippen molar-refractivity contribution in [1.82, 2.24) is 9.47 Å². The summed E-state index contributed by atoms with van der Waals surface area (Å²) in [4.78, 5) is 14.6. The van der Waals surface area contributed by atoms with Gasteiger partial charge in [-0.25, -0.2) is 4.39 Å². The Morgan fingerprint density at radius 3 is 2.57 bits per heavy atom. The van der Waals surface area contributed by atoms with Gasteiger partial charge in [-0.15, -0.1) is 0 Å². The molecule has 0 atom stereocenters. The number of benzene rings is 1. The molecule has 2 aromatic rings. The number of ether oxygens (including phenoxy) is 2. The molecule has 0 aliphatic carbocycles. The molecule has 0 bridgehead atoms. The summed E-state index contributed by atoms with van der Waals surface area (Å²) in [5.41, 5.74) is 1.30. The van der Waals surface area contributed by atoms with Crippen molar-refractivity contribution in [1.29, 1.82) is 0 Å².